The summed E-state index contributed by atoms with van der Waals surface area (Å²) in [5.41, 5.74) is 1.01. The molecule has 1 aromatic carbocycles. The molecule has 1 N–H and O–H groups in total. The number of ether oxygens (including phenoxy) is 2. The van der Waals surface area contributed by atoms with E-state index in [4.69, 9.17) is 9.94 Å². The Labute approximate surface area is 106 Å². The van der Waals surface area contributed by atoms with Gasteiger partial charge in [-0.15, -0.1) is 0 Å². The second kappa shape index (κ2) is 7.45. The van der Waals surface area contributed by atoms with E-state index in [9.17, 15) is 4.79 Å². The van der Waals surface area contributed by atoms with Crippen molar-refractivity contribution in [2.75, 3.05) is 14.2 Å². The Morgan fingerprint density at radius 3 is 2.50 bits per heavy atom. The molecule has 0 spiro atoms. The molecule has 0 bridgehead atoms. The predicted molar refractivity (Wildman–Crippen MR) is 66.7 cm³/mol. The Hall–Kier alpha value is -1.88. The first kappa shape index (κ1) is 14.2. The number of methoxy groups -OCH3 is 2. The molecule has 0 aromatic heterocycles. The first-order valence-electron chi connectivity index (χ1n) is 5.60. The SMILES string of the molecule is COC(=O)/C(CCC(OC)c1ccccc1)=N\O. The van der Waals surface area contributed by atoms with Crippen LogP contribution in [-0.4, -0.2) is 31.1 Å². The molecule has 1 aromatic rings. The lowest BCUT2D eigenvalue weighted by atomic mass is 10.0. The summed E-state index contributed by atoms with van der Waals surface area (Å²) in [6.45, 7) is 0. The number of nitrogens with zero attached hydrogens (tertiary/aromatic N) is 1. The highest BCUT2D eigenvalue weighted by Gasteiger charge is 2.17. The van der Waals surface area contributed by atoms with Crippen LogP contribution in [0.25, 0.3) is 0 Å². The number of carbonyl (C=O) groups excluding carboxylic acids is 1. The quantitative estimate of drug-likeness (QED) is 0.364. The highest BCUT2D eigenvalue weighted by Crippen LogP contribution is 2.21. The van der Waals surface area contributed by atoms with Crippen molar-refractivity contribution in [1.82, 2.24) is 0 Å². The van der Waals surface area contributed by atoms with Crippen LogP contribution >= 0.6 is 0 Å². The molecular formula is C13H17NO4. The molecule has 98 valence electrons. The molecule has 1 rings (SSSR count). The minimum absolute atomic E-state index is 0.00418. The summed E-state index contributed by atoms with van der Waals surface area (Å²) in [5.74, 6) is -0.625. The van der Waals surface area contributed by atoms with E-state index in [0.29, 0.717) is 6.42 Å². The average molecular weight is 251 g/mol. The third kappa shape index (κ3) is 3.85. The van der Waals surface area contributed by atoms with Crippen molar-refractivity contribution in [3.05, 3.63) is 35.9 Å². The van der Waals surface area contributed by atoms with Gasteiger partial charge < -0.3 is 14.7 Å². The van der Waals surface area contributed by atoms with Gasteiger partial charge >= 0.3 is 5.97 Å². The predicted octanol–water partition coefficient (Wildman–Crippen LogP) is 2.16. The highest BCUT2D eigenvalue weighted by molar-refractivity contribution is 6.36. The lowest BCUT2D eigenvalue weighted by molar-refractivity contribution is -0.133. The summed E-state index contributed by atoms with van der Waals surface area (Å²) in [5, 5.41) is 11.7. The van der Waals surface area contributed by atoms with E-state index in [0.717, 1.165) is 5.56 Å². The molecule has 1 unspecified atom stereocenters. The van der Waals surface area contributed by atoms with Crippen molar-refractivity contribution in [1.29, 1.82) is 0 Å². The van der Waals surface area contributed by atoms with Gasteiger partial charge in [-0.25, -0.2) is 4.79 Å². The van der Waals surface area contributed by atoms with E-state index in [1.807, 2.05) is 30.3 Å². The first-order valence-corrected chi connectivity index (χ1v) is 5.60. The summed E-state index contributed by atoms with van der Waals surface area (Å²) >= 11 is 0. The van der Waals surface area contributed by atoms with Gasteiger partial charge in [-0.1, -0.05) is 35.5 Å². The summed E-state index contributed by atoms with van der Waals surface area (Å²) in [6, 6.07) is 9.65. The van der Waals surface area contributed by atoms with Crippen LogP contribution in [0.2, 0.25) is 0 Å². The van der Waals surface area contributed by atoms with E-state index in [1.165, 1.54) is 7.11 Å². The maximum absolute atomic E-state index is 11.2. The van der Waals surface area contributed by atoms with Crippen molar-refractivity contribution >= 4 is 11.7 Å². The average Bonchev–Trinajstić information content (AvgIpc) is 2.44. The molecule has 0 aliphatic carbocycles. The van der Waals surface area contributed by atoms with Gasteiger partial charge in [0.1, 0.15) is 0 Å². The lowest BCUT2D eigenvalue weighted by Crippen LogP contribution is -2.17. The molecule has 0 aliphatic heterocycles. The van der Waals surface area contributed by atoms with Crippen LogP contribution in [0.1, 0.15) is 24.5 Å². The number of hydrogen-bond acceptors (Lipinski definition) is 5. The molecule has 0 heterocycles. The number of rotatable bonds is 6. The lowest BCUT2D eigenvalue weighted by Gasteiger charge is -2.15. The van der Waals surface area contributed by atoms with E-state index in [-0.39, 0.29) is 18.2 Å². The molecule has 0 fully saturated rings. The van der Waals surface area contributed by atoms with Gasteiger partial charge in [-0.2, -0.15) is 0 Å². The van der Waals surface area contributed by atoms with Gasteiger partial charge in [0.25, 0.3) is 0 Å². The van der Waals surface area contributed by atoms with Crippen LogP contribution < -0.4 is 0 Å². The number of carbonyl (C=O) groups is 1. The van der Waals surface area contributed by atoms with Crippen LogP contribution in [-0.2, 0) is 14.3 Å². The Balaban J connectivity index is 2.63. The molecule has 0 radical (unpaired) electrons. The Morgan fingerprint density at radius 1 is 1.33 bits per heavy atom. The van der Waals surface area contributed by atoms with Crippen molar-refractivity contribution in [2.24, 2.45) is 5.16 Å². The van der Waals surface area contributed by atoms with Crippen molar-refractivity contribution in [2.45, 2.75) is 18.9 Å². The molecule has 0 amide bonds. The summed E-state index contributed by atoms with van der Waals surface area (Å²) in [6.07, 6.45) is 0.679. The number of hydrogen-bond donors (Lipinski definition) is 1. The van der Waals surface area contributed by atoms with E-state index >= 15 is 0 Å². The van der Waals surface area contributed by atoms with Gasteiger partial charge in [-0.05, 0) is 12.0 Å². The maximum Gasteiger partial charge on any atom is 0.355 e. The van der Waals surface area contributed by atoms with E-state index < -0.39 is 5.97 Å². The number of benzene rings is 1. The summed E-state index contributed by atoms with van der Waals surface area (Å²) < 4.78 is 9.86. The molecule has 0 aliphatic rings. The maximum atomic E-state index is 11.2. The molecular weight excluding hydrogens is 234 g/mol. The van der Waals surface area contributed by atoms with Gasteiger partial charge in [0.15, 0.2) is 5.71 Å². The molecule has 0 saturated heterocycles. The standard InChI is InChI=1S/C13H17NO4/c1-17-12(10-6-4-3-5-7-10)9-8-11(14-16)13(15)18-2/h3-7,12,16H,8-9H2,1-2H3/b14-11-. The fourth-order valence-electron chi connectivity index (χ4n) is 1.67. The Bertz CT molecular complexity index is 403. The van der Waals surface area contributed by atoms with Gasteiger partial charge in [0, 0.05) is 13.5 Å². The van der Waals surface area contributed by atoms with Gasteiger partial charge in [0.05, 0.1) is 13.2 Å². The molecule has 0 saturated carbocycles. The molecule has 5 heteroatoms. The molecule has 18 heavy (non-hydrogen) atoms. The summed E-state index contributed by atoms with van der Waals surface area (Å²) in [7, 11) is 2.85. The van der Waals surface area contributed by atoms with Crippen molar-refractivity contribution in [3.8, 4) is 0 Å². The second-order valence-electron chi connectivity index (χ2n) is 3.71. The summed E-state index contributed by atoms with van der Waals surface area (Å²) in [4.78, 5) is 11.2. The van der Waals surface area contributed by atoms with Crippen LogP contribution in [0.15, 0.2) is 35.5 Å². The minimum atomic E-state index is -0.625. The smallest absolute Gasteiger partial charge is 0.355 e. The Morgan fingerprint density at radius 2 is 2.00 bits per heavy atom. The zero-order chi connectivity index (χ0) is 13.4. The highest BCUT2D eigenvalue weighted by atomic mass is 16.5. The van der Waals surface area contributed by atoms with Crippen molar-refractivity contribution < 1.29 is 19.5 Å². The fraction of sp³-hybridized carbons (Fsp3) is 0.385. The van der Waals surface area contributed by atoms with Crippen LogP contribution in [0.3, 0.4) is 0 Å². The van der Waals surface area contributed by atoms with Crippen LogP contribution in [0.5, 0.6) is 0 Å². The third-order valence-electron chi connectivity index (χ3n) is 2.64. The monoisotopic (exact) mass is 251 g/mol. The number of esters is 1. The minimum Gasteiger partial charge on any atom is -0.464 e. The largest absolute Gasteiger partial charge is 0.464 e. The molecule has 5 nitrogen and oxygen atoms in total. The Kier molecular flexibility index (Phi) is 5.87. The first-order chi connectivity index (χ1) is 8.72. The van der Waals surface area contributed by atoms with E-state index in [2.05, 4.69) is 9.89 Å². The third-order valence-corrected chi connectivity index (χ3v) is 2.64. The van der Waals surface area contributed by atoms with Gasteiger partial charge in [0.2, 0.25) is 0 Å². The van der Waals surface area contributed by atoms with Crippen molar-refractivity contribution in [3.63, 3.8) is 0 Å². The second-order valence-corrected chi connectivity index (χ2v) is 3.71. The molecule has 1 atom stereocenters. The zero-order valence-electron chi connectivity index (χ0n) is 10.5. The topological polar surface area (TPSA) is 68.1 Å². The van der Waals surface area contributed by atoms with Crippen LogP contribution in [0, 0.1) is 0 Å². The normalized spacial score (nSPS) is 13.1. The number of oxime groups is 1. The van der Waals surface area contributed by atoms with E-state index in [1.54, 1.807) is 7.11 Å². The van der Waals surface area contributed by atoms with Gasteiger partial charge in [-0.3, -0.25) is 0 Å². The fourth-order valence-corrected chi connectivity index (χ4v) is 1.67. The van der Waals surface area contributed by atoms with Crippen LogP contribution in [0.4, 0.5) is 0 Å². The zero-order valence-corrected chi connectivity index (χ0v) is 10.5.